The predicted octanol–water partition coefficient (Wildman–Crippen LogP) is 2.95. The summed E-state index contributed by atoms with van der Waals surface area (Å²) in [7, 11) is 0. The Bertz CT molecular complexity index is 3120. The summed E-state index contributed by atoms with van der Waals surface area (Å²) in [4.78, 5) is 156. The van der Waals surface area contributed by atoms with Crippen LogP contribution in [0.2, 0.25) is 0 Å². The second kappa shape index (κ2) is 29.4. The zero-order valence-electron chi connectivity index (χ0n) is 43.4. The molecule has 430 valence electrons. The molecule has 82 heavy (non-hydrogen) atoms. The second-order valence-corrected chi connectivity index (χ2v) is 22.4. The summed E-state index contributed by atoms with van der Waals surface area (Å²) in [5.74, 6) is -12.2. The molecule has 0 fully saturated rings. The highest BCUT2D eigenvalue weighted by molar-refractivity contribution is 7.29. The van der Waals surface area contributed by atoms with Gasteiger partial charge in [0.2, 0.25) is 35.4 Å². The zero-order valence-corrected chi connectivity index (χ0v) is 46.7. The molecule has 28 heteroatoms. The quantitative estimate of drug-likeness (QED) is 0.0321. The molecule has 6 atom stereocenters. The van der Waals surface area contributed by atoms with Crippen molar-refractivity contribution in [3.63, 3.8) is 0 Å². The van der Waals surface area contributed by atoms with Crippen LogP contribution < -0.4 is 42.5 Å². The van der Waals surface area contributed by atoms with Gasteiger partial charge in [0.25, 0.3) is 11.8 Å². The van der Waals surface area contributed by atoms with E-state index in [9.17, 15) is 67.7 Å². The number of benzene rings is 2. The Morgan fingerprint density at radius 1 is 0.378 bits per heavy atom. The maximum Gasteiger partial charge on any atom is 0.326 e. The average Bonchev–Trinajstić information content (AvgIpc) is 4.30. The molecule has 0 spiro atoms. The van der Waals surface area contributed by atoms with Crippen LogP contribution in [-0.2, 0) is 60.8 Å². The van der Waals surface area contributed by atoms with Crippen molar-refractivity contribution in [2.45, 2.75) is 75.8 Å². The van der Waals surface area contributed by atoms with Crippen molar-refractivity contribution in [2.24, 2.45) is 0 Å². The third kappa shape index (κ3) is 18.5. The molecule has 4 aromatic heterocycles. The summed E-state index contributed by atoms with van der Waals surface area (Å²) >= 11 is 5.35. The predicted molar refractivity (Wildman–Crippen MR) is 302 cm³/mol. The molecule has 8 amide bonds. The molecule has 0 radical (unpaired) electrons. The van der Waals surface area contributed by atoms with Crippen molar-refractivity contribution in [3.05, 3.63) is 130 Å². The van der Waals surface area contributed by atoms with Gasteiger partial charge < -0.3 is 63.0 Å². The monoisotopic (exact) mass is 1200 g/mol. The van der Waals surface area contributed by atoms with Crippen molar-refractivity contribution in [1.29, 1.82) is 0 Å². The highest BCUT2D eigenvalue weighted by atomic mass is 32.1. The maximum atomic E-state index is 13.2. The SMILES string of the molecule is C[C@H](NC(=O)CNC(=O)c1ccc(-c2ccc(-c3ccc(-c4ccc(C(=O)NCC(=O)N[C@@H](C)C(=O)N[C@@H](Cc5ccccc5)C(=O)N[C@@H](CC(=O)O)C(=O)O)s4)s3)s2)s1)C(=O)N[C@@H](Cc1ccccc1)C(=O)N[C@@H](CC(=O)O)C(=O)O. The van der Waals surface area contributed by atoms with E-state index in [4.69, 9.17) is 10.2 Å². The van der Waals surface area contributed by atoms with Gasteiger partial charge in [-0.15, -0.1) is 45.3 Å². The molecule has 0 saturated carbocycles. The maximum absolute atomic E-state index is 13.2. The van der Waals surface area contributed by atoms with Crippen molar-refractivity contribution in [3.8, 4) is 29.3 Å². The number of thiophene rings is 4. The van der Waals surface area contributed by atoms with Crippen LogP contribution in [0.1, 0.15) is 57.2 Å². The molecular weight excluding hydrogens is 1140 g/mol. The molecule has 6 rings (SSSR count). The highest BCUT2D eigenvalue weighted by Crippen LogP contribution is 2.43. The van der Waals surface area contributed by atoms with E-state index < -0.39 is 133 Å². The number of carbonyl (C=O) groups excluding carboxylic acids is 8. The first kappa shape index (κ1) is 62.1. The lowest BCUT2D eigenvalue weighted by Gasteiger charge is -2.23. The first-order valence-corrected chi connectivity index (χ1v) is 28.0. The van der Waals surface area contributed by atoms with Crippen LogP contribution in [0, 0.1) is 0 Å². The van der Waals surface area contributed by atoms with Crippen molar-refractivity contribution >= 4 is 116 Å². The lowest BCUT2D eigenvalue weighted by molar-refractivity contribution is -0.147. The second-order valence-electron chi connectivity index (χ2n) is 18.1. The number of hydrogen-bond acceptors (Lipinski definition) is 16. The first-order chi connectivity index (χ1) is 39.0. The Morgan fingerprint density at radius 3 is 1.00 bits per heavy atom. The van der Waals surface area contributed by atoms with E-state index in [1.54, 1.807) is 84.9 Å². The summed E-state index contributed by atoms with van der Waals surface area (Å²) in [5, 5.41) is 56.3. The number of rotatable bonds is 29. The number of nitrogens with one attached hydrogen (secondary N) is 8. The Balaban J connectivity index is 0.961. The van der Waals surface area contributed by atoms with Crippen LogP contribution in [0.5, 0.6) is 0 Å². The Hall–Kier alpha value is -9.12. The van der Waals surface area contributed by atoms with E-state index in [1.807, 2.05) is 24.3 Å². The van der Waals surface area contributed by atoms with Gasteiger partial charge in [0.15, 0.2) is 0 Å². The third-order valence-corrected chi connectivity index (χ3v) is 16.7. The topological polar surface area (TPSA) is 382 Å². The third-order valence-electron chi connectivity index (χ3n) is 11.8. The number of amides is 8. The minimum absolute atomic E-state index is 0.0842. The van der Waals surface area contributed by atoms with E-state index >= 15 is 0 Å². The van der Waals surface area contributed by atoms with E-state index in [0.29, 0.717) is 20.9 Å². The molecule has 2 aromatic carbocycles. The van der Waals surface area contributed by atoms with Crippen LogP contribution in [-0.4, -0.2) is 141 Å². The van der Waals surface area contributed by atoms with Crippen LogP contribution >= 0.6 is 45.3 Å². The van der Waals surface area contributed by atoms with Crippen molar-refractivity contribution in [1.82, 2.24) is 42.5 Å². The minimum atomic E-state index is -1.77. The average molecular weight is 1200 g/mol. The summed E-state index contributed by atoms with van der Waals surface area (Å²) in [6.45, 7) is 1.68. The van der Waals surface area contributed by atoms with E-state index in [2.05, 4.69) is 42.5 Å². The fourth-order valence-electron chi connectivity index (χ4n) is 7.61. The van der Waals surface area contributed by atoms with Crippen LogP contribution in [0.25, 0.3) is 29.3 Å². The van der Waals surface area contributed by atoms with Gasteiger partial charge in [-0.3, -0.25) is 47.9 Å². The van der Waals surface area contributed by atoms with Gasteiger partial charge in [-0.05, 0) is 73.5 Å². The zero-order chi connectivity index (χ0) is 59.6. The van der Waals surface area contributed by atoms with E-state index in [0.717, 1.165) is 29.3 Å². The number of aliphatic carboxylic acids is 4. The molecule has 0 unspecified atom stereocenters. The summed E-state index contributed by atoms with van der Waals surface area (Å²) in [6.07, 6.45) is -1.98. The Morgan fingerprint density at radius 2 is 0.683 bits per heavy atom. The lowest BCUT2D eigenvalue weighted by atomic mass is 10.0. The van der Waals surface area contributed by atoms with Crippen LogP contribution in [0.4, 0.5) is 0 Å². The summed E-state index contributed by atoms with van der Waals surface area (Å²) < 4.78 is 0. The molecule has 24 nitrogen and oxygen atoms in total. The fourth-order valence-corrected chi connectivity index (χ4v) is 11.7. The van der Waals surface area contributed by atoms with E-state index in [1.165, 1.54) is 59.2 Å². The van der Waals surface area contributed by atoms with Gasteiger partial charge in [0, 0.05) is 42.1 Å². The molecule has 0 bridgehead atoms. The molecule has 6 aromatic rings. The Labute approximate surface area is 482 Å². The number of carboxylic acid groups (broad SMARTS) is 4. The van der Waals surface area contributed by atoms with Gasteiger partial charge >= 0.3 is 23.9 Å². The van der Waals surface area contributed by atoms with Gasteiger partial charge in [0.05, 0.1) is 35.7 Å². The molecule has 0 aliphatic heterocycles. The molecule has 0 aliphatic carbocycles. The number of hydrogen-bond donors (Lipinski definition) is 12. The highest BCUT2D eigenvalue weighted by Gasteiger charge is 2.32. The molecule has 0 saturated heterocycles. The number of carbonyl (C=O) groups is 12. The fraction of sp³-hybridized carbons (Fsp3) is 0.259. The largest absolute Gasteiger partial charge is 0.481 e. The lowest BCUT2D eigenvalue weighted by Crippen LogP contribution is -2.56. The molecule has 4 heterocycles. The van der Waals surface area contributed by atoms with Gasteiger partial charge in [-0.2, -0.15) is 0 Å². The first-order valence-electron chi connectivity index (χ1n) is 24.8. The molecule has 0 aliphatic rings. The molecular formula is C54H54N8O16S4. The van der Waals surface area contributed by atoms with Gasteiger partial charge in [0.1, 0.15) is 36.3 Å². The van der Waals surface area contributed by atoms with Crippen molar-refractivity contribution in [2.75, 3.05) is 13.1 Å². The standard InChI is InChI=1S/C54H54N8O16S4/c1-27(47(69)59-31(21-29-9-5-3-6-10-29)49(71)61-33(53(75)76)23-45(65)66)57-43(63)25-55-51(73)41-19-17-39(81-41)37-15-13-35(79-37)36-14-16-38(80-36)40-18-20-42(82-40)52(74)56-26-44(64)58-28(2)48(70)60-32(22-30-11-7-4-8-12-30)50(72)62-34(54(77)78)24-46(67)68/h3-20,27-28,31-34H,21-26H2,1-2H3,(H,55,73)(H,56,74)(H,57,63)(H,58,64)(H,59,69)(H,60,70)(H,61,71)(H,62,72)(H,65,66)(H,67,68)(H,75,76)(H,77,78)/t27-,28-,31-,32-,33-,34-/m0/s1. The van der Waals surface area contributed by atoms with Gasteiger partial charge in [-0.1, -0.05) is 60.7 Å². The van der Waals surface area contributed by atoms with Crippen LogP contribution in [0.15, 0.2) is 109 Å². The van der Waals surface area contributed by atoms with Crippen LogP contribution in [0.3, 0.4) is 0 Å². The van der Waals surface area contributed by atoms with Gasteiger partial charge in [-0.25, -0.2) is 9.59 Å². The smallest absolute Gasteiger partial charge is 0.326 e. The molecule has 12 N–H and O–H groups in total. The summed E-state index contributed by atoms with van der Waals surface area (Å²) in [6, 6.07) is 22.7. The minimum Gasteiger partial charge on any atom is -0.481 e. The summed E-state index contributed by atoms with van der Waals surface area (Å²) in [5.41, 5.74) is 1.20. The normalized spacial score (nSPS) is 13.0. The number of carboxylic acids is 4. The van der Waals surface area contributed by atoms with E-state index in [-0.39, 0.29) is 12.8 Å². The Kier molecular flexibility index (Phi) is 22.2. The van der Waals surface area contributed by atoms with Crippen molar-refractivity contribution < 1.29 is 78.0 Å².